The molecule has 90 valence electrons. The van der Waals surface area contributed by atoms with Gasteiger partial charge in [-0.05, 0) is 42.7 Å². The maximum absolute atomic E-state index is 3.47. The minimum absolute atomic E-state index is 0.754. The molecule has 0 aliphatic rings. The molecule has 0 radical (unpaired) electrons. The third-order valence-electron chi connectivity index (χ3n) is 2.77. The zero-order valence-corrected chi connectivity index (χ0v) is 12.1. The van der Waals surface area contributed by atoms with Crippen molar-refractivity contribution in [3.63, 3.8) is 0 Å². The molecule has 0 heterocycles. The van der Waals surface area contributed by atoms with E-state index in [0.717, 1.165) is 11.2 Å². The third-order valence-corrected chi connectivity index (χ3v) is 3.33. The summed E-state index contributed by atoms with van der Waals surface area (Å²) < 4.78 is 0. The van der Waals surface area contributed by atoms with Crippen LogP contribution in [-0.4, -0.2) is 5.33 Å². The largest absolute Gasteiger partial charge is 0.0928 e. The van der Waals surface area contributed by atoms with E-state index in [0.29, 0.717) is 0 Å². The zero-order valence-electron chi connectivity index (χ0n) is 10.5. The fourth-order valence-electron chi connectivity index (χ4n) is 1.91. The molecule has 0 N–H and O–H groups in total. The Morgan fingerprint density at radius 2 is 1.56 bits per heavy atom. The summed E-state index contributed by atoms with van der Waals surface area (Å²) in [6.07, 6.45) is 6.37. The van der Waals surface area contributed by atoms with Crippen molar-refractivity contribution in [1.29, 1.82) is 0 Å². The van der Waals surface area contributed by atoms with Crippen molar-refractivity contribution in [2.75, 3.05) is 5.33 Å². The molecule has 0 bridgehead atoms. The van der Waals surface area contributed by atoms with Crippen LogP contribution in [0.25, 0.3) is 0 Å². The Hall–Kier alpha value is -0.300. The van der Waals surface area contributed by atoms with Crippen molar-refractivity contribution in [2.45, 2.75) is 46.0 Å². The number of benzene rings is 1. The molecule has 0 fully saturated rings. The standard InChI is InChI=1S/C15H23Br/c1-13(2)12-15-9-7-14(8-10-15)6-4-3-5-11-16/h7-10,13H,3-6,11-12H2,1-2H3. The van der Waals surface area contributed by atoms with Gasteiger partial charge in [0, 0.05) is 5.33 Å². The van der Waals surface area contributed by atoms with E-state index in [4.69, 9.17) is 0 Å². The molecule has 1 aromatic carbocycles. The highest BCUT2D eigenvalue weighted by Gasteiger charge is 1.98. The van der Waals surface area contributed by atoms with E-state index in [9.17, 15) is 0 Å². The van der Waals surface area contributed by atoms with Gasteiger partial charge in [0.15, 0.2) is 0 Å². The first-order valence-corrected chi connectivity index (χ1v) is 7.48. The van der Waals surface area contributed by atoms with E-state index in [1.807, 2.05) is 0 Å². The van der Waals surface area contributed by atoms with Crippen molar-refractivity contribution in [3.8, 4) is 0 Å². The Kier molecular flexibility index (Phi) is 6.79. The van der Waals surface area contributed by atoms with Gasteiger partial charge in [-0.2, -0.15) is 0 Å². The second-order valence-corrected chi connectivity index (χ2v) is 5.71. The summed E-state index contributed by atoms with van der Waals surface area (Å²) in [7, 11) is 0. The van der Waals surface area contributed by atoms with Crippen LogP contribution in [0.4, 0.5) is 0 Å². The van der Waals surface area contributed by atoms with E-state index in [-0.39, 0.29) is 0 Å². The smallest absolute Gasteiger partial charge is 0.00313 e. The van der Waals surface area contributed by atoms with Crippen LogP contribution >= 0.6 is 15.9 Å². The SMILES string of the molecule is CC(C)Cc1ccc(CCCCCBr)cc1. The normalized spacial score (nSPS) is 11.0. The lowest BCUT2D eigenvalue weighted by atomic mass is 10.00. The highest BCUT2D eigenvalue weighted by Crippen LogP contribution is 2.12. The van der Waals surface area contributed by atoms with Crippen LogP contribution < -0.4 is 0 Å². The molecule has 0 unspecified atom stereocenters. The lowest BCUT2D eigenvalue weighted by Gasteiger charge is -2.06. The molecule has 0 saturated carbocycles. The minimum atomic E-state index is 0.754. The predicted octanol–water partition coefficient (Wildman–Crippen LogP) is 4.99. The second-order valence-electron chi connectivity index (χ2n) is 4.91. The van der Waals surface area contributed by atoms with Gasteiger partial charge >= 0.3 is 0 Å². The fraction of sp³-hybridized carbons (Fsp3) is 0.600. The molecule has 1 aromatic rings. The summed E-state index contributed by atoms with van der Waals surface area (Å²) in [6.45, 7) is 4.54. The monoisotopic (exact) mass is 282 g/mol. The number of alkyl halides is 1. The predicted molar refractivity (Wildman–Crippen MR) is 76.3 cm³/mol. The number of aryl methyl sites for hydroxylation is 1. The van der Waals surface area contributed by atoms with Crippen molar-refractivity contribution >= 4 is 15.9 Å². The molecule has 1 heteroatoms. The van der Waals surface area contributed by atoms with E-state index < -0.39 is 0 Å². The summed E-state index contributed by atoms with van der Waals surface area (Å²) in [5.74, 6) is 0.754. The van der Waals surface area contributed by atoms with E-state index >= 15 is 0 Å². The Bertz CT molecular complexity index is 274. The van der Waals surface area contributed by atoms with Crippen LogP contribution in [0.15, 0.2) is 24.3 Å². The van der Waals surface area contributed by atoms with E-state index in [2.05, 4.69) is 54.0 Å². The van der Waals surface area contributed by atoms with Gasteiger partial charge in [-0.25, -0.2) is 0 Å². The maximum atomic E-state index is 3.47. The molecule has 0 nitrogen and oxygen atoms in total. The topological polar surface area (TPSA) is 0 Å². The van der Waals surface area contributed by atoms with Crippen LogP contribution in [0.3, 0.4) is 0 Å². The maximum Gasteiger partial charge on any atom is 0.00313 e. The molecule has 0 aliphatic carbocycles. The summed E-state index contributed by atoms with van der Waals surface area (Å²) in [4.78, 5) is 0. The molecule has 16 heavy (non-hydrogen) atoms. The molecule has 0 aromatic heterocycles. The van der Waals surface area contributed by atoms with Crippen molar-refractivity contribution in [2.24, 2.45) is 5.92 Å². The Morgan fingerprint density at radius 1 is 0.938 bits per heavy atom. The number of halogens is 1. The van der Waals surface area contributed by atoms with Gasteiger partial charge in [-0.1, -0.05) is 60.5 Å². The minimum Gasteiger partial charge on any atom is -0.0928 e. The molecular weight excluding hydrogens is 260 g/mol. The molecule has 0 atom stereocenters. The van der Waals surface area contributed by atoms with E-state index in [1.54, 1.807) is 0 Å². The van der Waals surface area contributed by atoms with Crippen LogP contribution in [0.2, 0.25) is 0 Å². The number of unbranched alkanes of at least 4 members (excludes halogenated alkanes) is 2. The van der Waals surface area contributed by atoms with Crippen LogP contribution in [-0.2, 0) is 12.8 Å². The first kappa shape index (κ1) is 13.8. The average molecular weight is 283 g/mol. The van der Waals surface area contributed by atoms with Crippen LogP contribution in [0.1, 0.15) is 44.2 Å². The molecule has 0 aliphatic heterocycles. The fourth-order valence-corrected chi connectivity index (χ4v) is 2.31. The summed E-state index contributed by atoms with van der Waals surface area (Å²) in [5.41, 5.74) is 2.96. The van der Waals surface area contributed by atoms with Gasteiger partial charge in [0.1, 0.15) is 0 Å². The van der Waals surface area contributed by atoms with Crippen molar-refractivity contribution < 1.29 is 0 Å². The highest BCUT2D eigenvalue weighted by atomic mass is 79.9. The quantitative estimate of drug-likeness (QED) is 0.488. The van der Waals surface area contributed by atoms with Gasteiger partial charge in [0.25, 0.3) is 0 Å². The third kappa shape index (κ3) is 5.69. The molecule has 0 saturated heterocycles. The summed E-state index contributed by atoms with van der Waals surface area (Å²) >= 11 is 3.47. The van der Waals surface area contributed by atoms with Crippen LogP contribution in [0, 0.1) is 5.92 Å². The van der Waals surface area contributed by atoms with Crippen molar-refractivity contribution in [1.82, 2.24) is 0 Å². The number of hydrogen-bond acceptors (Lipinski definition) is 0. The highest BCUT2D eigenvalue weighted by molar-refractivity contribution is 9.09. The number of rotatable bonds is 7. The Balaban J connectivity index is 2.33. The van der Waals surface area contributed by atoms with Gasteiger partial charge in [0.2, 0.25) is 0 Å². The summed E-state index contributed by atoms with van der Waals surface area (Å²) in [5, 5.41) is 1.14. The average Bonchev–Trinajstić information content (AvgIpc) is 2.26. The second kappa shape index (κ2) is 7.89. The van der Waals surface area contributed by atoms with Gasteiger partial charge in [0.05, 0.1) is 0 Å². The van der Waals surface area contributed by atoms with E-state index in [1.165, 1.54) is 43.2 Å². The Labute approximate surface area is 109 Å². The zero-order chi connectivity index (χ0) is 11.8. The molecule has 0 spiro atoms. The molecular formula is C15H23Br. The van der Waals surface area contributed by atoms with Crippen molar-refractivity contribution in [3.05, 3.63) is 35.4 Å². The molecule has 1 rings (SSSR count). The van der Waals surface area contributed by atoms with Gasteiger partial charge in [-0.15, -0.1) is 0 Å². The summed E-state index contributed by atoms with van der Waals surface area (Å²) in [6, 6.07) is 9.18. The first-order valence-electron chi connectivity index (χ1n) is 6.36. The Morgan fingerprint density at radius 3 is 2.12 bits per heavy atom. The molecule has 0 amide bonds. The van der Waals surface area contributed by atoms with Crippen LogP contribution in [0.5, 0.6) is 0 Å². The lowest BCUT2D eigenvalue weighted by Crippen LogP contribution is -1.94. The lowest BCUT2D eigenvalue weighted by molar-refractivity contribution is 0.647. The first-order chi connectivity index (χ1) is 7.72. The number of hydrogen-bond donors (Lipinski definition) is 0. The van der Waals surface area contributed by atoms with Gasteiger partial charge < -0.3 is 0 Å². The van der Waals surface area contributed by atoms with Gasteiger partial charge in [-0.3, -0.25) is 0 Å².